The molecule has 0 bridgehead atoms. The maximum Gasteiger partial charge on any atom is 0.242 e. The van der Waals surface area contributed by atoms with Crippen LogP contribution in [0.25, 0.3) is 0 Å². The highest BCUT2D eigenvalue weighted by Crippen LogP contribution is 2.30. The summed E-state index contributed by atoms with van der Waals surface area (Å²) in [7, 11) is -3.56. The molecule has 0 aromatic heterocycles. The quantitative estimate of drug-likeness (QED) is 0.800. The molecule has 0 amide bonds. The molecule has 1 aromatic rings. The fourth-order valence-electron chi connectivity index (χ4n) is 2.20. The van der Waals surface area contributed by atoms with E-state index in [9.17, 15) is 8.42 Å². The Bertz CT molecular complexity index is 565. The molecule has 19 heavy (non-hydrogen) atoms. The van der Waals surface area contributed by atoms with Gasteiger partial charge in [-0.25, -0.2) is 13.1 Å². The summed E-state index contributed by atoms with van der Waals surface area (Å²) in [4.78, 5) is 0.109. The summed E-state index contributed by atoms with van der Waals surface area (Å²) in [5.74, 6) is 0.312. The zero-order chi connectivity index (χ0) is 14.0. The van der Waals surface area contributed by atoms with Crippen LogP contribution in [0.3, 0.4) is 0 Å². The summed E-state index contributed by atoms with van der Waals surface area (Å²) in [5.41, 5.74) is 0. The van der Waals surface area contributed by atoms with Crippen LogP contribution < -0.4 is 4.72 Å². The largest absolute Gasteiger partial charge is 0.242 e. The Morgan fingerprint density at radius 3 is 2.68 bits per heavy atom. The Balaban J connectivity index is 2.06. The minimum Gasteiger partial charge on any atom is -0.211 e. The Labute approximate surface area is 131 Å². The zero-order valence-electron chi connectivity index (χ0n) is 10.1. The van der Waals surface area contributed by atoms with E-state index in [2.05, 4.69) is 20.7 Å². The Morgan fingerprint density at radius 2 is 2.11 bits per heavy atom. The molecule has 1 N–H and O–H groups in total. The molecule has 3 nitrogen and oxygen atoms in total. The van der Waals surface area contributed by atoms with Gasteiger partial charge in [-0.05, 0) is 43.4 Å². The summed E-state index contributed by atoms with van der Waals surface area (Å²) in [6, 6.07) is 4.72. The number of rotatable bonds is 4. The molecule has 0 saturated heterocycles. The highest BCUT2D eigenvalue weighted by atomic mass is 79.9. The van der Waals surface area contributed by atoms with Gasteiger partial charge in [0.05, 0.1) is 5.02 Å². The fourth-order valence-corrected chi connectivity index (χ4v) is 4.73. The second kappa shape index (κ2) is 6.31. The van der Waals surface area contributed by atoms with Gasteiger partial charge < -0.3 is 0 Å². The van der Waals surface area contributed by atoms with Gasteiger partial charge in [-0.15, -0.1) is 11.6 Å². The first-order valence-electron chi connectivity index (χ1n) is 5.97. The van der Waals surface area contributed by atoms with Crippen molar-refractivity contribution in [1.29, 1.82) is 0 Å². The molecule has 1 aliphatic rings. The van der Waals surface area contributed by atoms with Crippen molar-refractivity contribution in [2.75, 3.05) is 6.54 Å². The lowest BCUT2D eigenvalue weighted by Crippen LogP contribution is -2.28. The minimum absolute atomic E-state index is 0.109. The summed E-state index contributed by atoms with van der Waals surface area (Å²) in [6.45, 7) is 0.415. The predicted octanol–water partition coefficient (Wildman–Crippen LogP) is 3.79. The Morgan fingerprint density at radius 1 is 1.37 bits per heavy atom. The molecule has 7 heteroatoms. The fraction of sp³-hybridized carbons (Fsp3) is 0.500. The average Bonchev–Trinajstić information content (AvgIpc) is 2.72. The van der Waals surface area contributed by atoms with Crippen LogP contribution in [0, 0.1) is 5.92 Å². The number of alkyl halides is 1. The normalized spacial score (nSPS) is 23.7. The van der Waals surface area contributed by atoms with Crippen molar-refractivity contribution in [1.82, 2.24) is 4.72 Å². The third-order valence-electron chi connectivity index (χ3n) is 3.22. The molecule has 0 radical (unpaired) electrons. The van der Waals surface area contributed by atoms with Crippen molar-refractivity contribution in [3.05, 3.63) is 27.7 Å². The molecule has 2 atom stereocenters. The molecular formula is C12H14BrCl2NO2S. The highest BCUT2D eigenvalue weighted by Gasteiger charge is 2.25. The first-order valence-corrected chi connectivity index (χ1v) is 9.06. The molecule has 1 aliphatic carbocycles. The monoisotopic (exact) mass is 385 g/mol. The molecule has 1 aromatic carbocycles. The third-order valence-corrected chi connectivity index (χ3v) is 6.02. The van der Waals surface area contributed by atoms with Crippen molar-refractivity contribution < 1.29 is 8.42 Å². The van der Waals surface area contributed by atoms with Gasteiger partial charge in [0.1, 0.15) is 4.90 Å². The van der Waals surface area contributed by atoms with Gasteiger partial charge >= 0.3 is 0 Å². The van der Waals surface area contributed by atoms with Gasteiger partial charge in [-0.1, -0.05) is 27.5 Å². The molecule has 1 fully saturated rings. The van der Waals surface area contributed by atoms with Gasteiger partial charge in [0.25, 0.3) is 0 Å². The van der Waals surface area contributed by atoms with E-state index in [1.165, 1.54) is 6.07 Å². The van der Waals surface area contributed by atoms with E-state index in [0.717, 1.165) is 23.7 Å². The number of benzene rings is 1. The second-order valence-corrected chi connectivity index (χ2v) is 8.38. The van der Waals surface area contributed by atoms with Crippen molar-refractivity contribution in [3.63, 3.8) is 0 Å². The van der Waals surface area contributed by atoms with E-state index in [1.54, 1.807) is 12.1 Å². The number of halogens is 3. The number of hydrogen-bond donors (Lipinski definition) is 1. The van der Waals surface area contributed by atoms with Gasteiger partial charge in [0.15, 0.2) is 0 Å². The van der Waals surface area contributed by atoms with Crippen LogP contribution in [-0.4, -0.2) is 20.3 Å². The SMILES string of the molecule is O=S(=O)(NCC1CCC(Cl)C1)c1ccc(Br)cc1Cl. The van der Waals surface area contributed by atoms with Crippen molar-refractivity contribution in [3.8, 4) is 0 Å². The molecule has 106 valence electrons. The van der Waals surface area contributed by atoms with E-state index in [0.29, 0.717) is 12.5 Å². The topological polar surface area (TPSA) is 46.2 Å². The molecule has 2 rings (SSSR count). The number of nitrogens with one attached hydrogen (secondary N) is 1. The van der Waals surface area contributed by atoms with Crippen LogP contribution in [-0.2, 0) is 10.0 Å². The third kappa shape index (κ3) is 4.08. The van der Waals surface area contributed by atoms with E-state index < -0.39 is 10.0 Å². The van der Waals surface area contributed by atoms with Crippen LogP contribution in [0.2, 0.25) is 5.02 Å². The maximum absolute atomic E-state index is 12.2. The molecule has 2 unspecified atom stereocenters. The summed E-state index contributed by atoms with van der Waals surface area (Å²) >= 11 is 15.2. The molecule has 1 saturated carbocycles. The average molecular weight is 387 g/mol. The van der Waals surface area contributed by atoms with Gasteiger partial charge in [0.2, 0.25) is 10.0 Å². The predicted molar refractivity (Wildman–Crippen MR) is 81.3 cm³/mol. The van der Waals surface area contributed by atoms with Crippen LogP contribution in [0.4, 0.5) is 0 Å². The Kier molecular flexibility index (Phi) is 5.17. The van der Waals surface area contributed by atoms with E-state index in [4.69, 9.17) is 23.2 Å². The summed E-state index contributed by atoms with van der Waals surface area (Å²) < 4.78 is 27.7. The van der Waals surface area contributed by atoms with Gasteiger partial charge in [0, 0.05) is 16.4 Å². The lowest BCUT2D eigenvalue weighted by Gasteiger charge is -2.12. The molecule has 0 aliphatic heterocycles. The number of sulfonamides is 1. The zero-order valence-corrected chi connectivity index (χ0v) is 14.0. The minimum atomic E-state index is -3.56. The van der Waals surface area contributed by atoms with Crippen molar-refractivity contribution >= 4 is 49.2 Å². The maximum atomic E-state index is 12.2. The van der Waals surface area contributed by atoms with Gasteiger partial charge in [-0.3, -0.25) is 0 Å². The number of hydrogen-bond acceptors (Lipinski definition) is 2. The standard InChI is InChI=1S/C12H14BrCl2NO2S/c13-9-2-4-12(11(15)6-9)19(17,18)16-7-8-1-3-10(14)5-8/h2,4,6,8,10,16H,1,3,5,7H2. The smallest absolute Gasteiger partial charge is 0.211 e. The first kappa shape index (κ1) is 15.6. The van der Waals surface area contributed by atoms with Crippen LogP contribution in [0.1, 0.15) is 19.3 Å². The Hall–Kier alpha value is 0.190. The van der Waals surface area contributed by atoms with Crippen molar-refractivity contribution in [2.45, 2.75) is 29.5 Å². The lowest BCUT2D eigenvalue weighted by atomic mass is 10.1. The molecular weight excluding hydrogens is 373 g/mol. The van der Waals surface area contributed by atoms with Crippen molar-refractivity contribution in [2.24, 2.45) is 5.92 Å². The summed E-state index contributed by atoms with van der Waals surface area (Å²) in [5, 5.41) is 0.384. The highest BCUT2D eigenvalue weighted by molar-refractivity contribution is 9.10. The van der Waals surface area contributed by atoms with Crippen LogP contribution in [0.5, 0.6) is 0 Å². The van der Waals surface area contributed by atoms with E-state index >= 15 is 0 Å². The lowest BCUT2D eigenvalue weighted by molar-refractivity contribution is 0.520. The van der Waals surface area contributed by atoms with Crippen LogP contribution in [0.15, 0.2) is 27.6 Å². The molecule has 0 spiro atoms. The molecule has 0 heterocycles. The summed E-state index contributed by atoms with van der Waals surface area (Å²) in [6.07, 6.45) is 2.77. The van der Waals surface area contributed by atoms with Gasteiger partial charge in [-0.2, -0.15) is 0 Å². The van der Waals surface area contributed by atoms with E-state index in [1.807, 2.05) is 0 Å². The van der Waals surface area contributed by atoms with Crippen LogP contribution >= 0.6 is 39.1 Å². The second-order valence-electron chi connectivity index (χ2n) is 4.70. The van der Waals surface area contributed by atoms with E-state index in [-0.39, 0.29) is 15.3 Å². The first-order chi connectivity index (χ1) is 8.88.